The molecule has 2 atom stereocenters. The van der Waals surface area contributed by atoms with Gasteiger partial charge in [0, 0.05) is 13.1 Å². The first kappa shape index (κ1) is 22.8. The molecule has 1 aliphatic heterocycles. The molecule has 0 amide bonds. The minimum atomic E-state index is -1.000. The lowest BCUT2D eigenvalue weighted by Gasteiger charge is -2.34. The third kappa shape index (κ3) is 3.95. The summed E-state index contributed by atoms with van der Waals surface area (Å²) in [6.45, 7) is 2.37. The number of carbonyl (C=O) groups is 2. The predicted molar refractivity (Wildman–Crippen MR) is 126 cm³/mol. The molecule has 2 heterocycles. The average Bonchev–Trinajstić information content (AvgIpc) is 3.58. The monoisotopic (exact) mass is 485 g/mol. The number of nitrogens with zero attached hydrogens (tertiary/aromatic N) is 3. The van der Waals surface area contributed by atoms with Crippen LogP contribution in [0, 0.1) is 11.7 Å². The van der Waals surface area contributed by atoms with Crippen molar-refractivity contribution in [2.45, 2.75) is 38.2 Å². The quantitative estimate of drug-likeness (QED) is 0.547. The average molecular weight is 486 g/mol. The first-order chi connectivity index (χ1) is 16.4. The fourth-order valence-electron chi connectivity index (χ4n) is 4.74. The van der Waals surface area contributed by atoms with Crippen LogP contribution in [0.4, 0.5) is 10.2 Å². The maximum atomic E-state index is 15.0. The summed E-state index contributed by atoms with van der Waals surface area (Å²) in [6.07, 6.45) is 1.31. The van der Waals surface area contributed by atoms with E-state index < -0.39 is 29.7 Å². The summed E-state index contributed by atoms with van der Waals surface area (Å²) in [4.78, 5) is 27.6. The summed E-state index contributed by atoms with van der Waals surface area (Å²) in [5.74, 6) is -1.50. The molecule has 1 aliphatic carbocycles. The number of esters is 1. The van der Waals surface area contributed by atoms with Crippen molar-refractivity contribution in [2.75, 3.05) is 24.6 Å². The third-order valence-electron chi connectivity index (χ3n) is 6.58. The maximum Gasteiger partial charge on any atom is 0.311 e. The minimum absolute atomic E-state index is 0.0670. The Hall–Kier alpha value is -2.97. The molecule has 2 fully saturated rings. The lowest BCUT2D eigenvalue weighted by Crippen LogP contribution is -2.47. The first-order valence-electron chi connectivity index (χ1n) is 11.5. The van der Waals surface area contributed by atoms with Crippen LogP contribution in [0.2, 0.25) is 5.02 Å². The highest BCUT2D eigenvalue weighted by Gasteiger charge is 2.37. The van der Waals surface area contributed by atoms with Gasteiger partial charge in [0.05, 0.1) is 40.1 Å². The topological polar surface area (TPSA) is 84.7 Å². The molecule has 5 rings (SSSR count). The van der Waals surface area contributed by atoms with Gasteiger partial charge in [-0.2, -0.15) is 4.68 Å². The molecule has 0 spiro atoms. The Balaban J connectivity index is 1.54. The van der Waals surface area contributed by atoms with Crippen LogP contribution >= 0.6 is 11.6 Å². The molecule has 1 N–H and O–H groups in total. The second-order valence-electron chi connectivity index (χ2n) is 8.81. The van der Waals surface area contributed by atoms with Gasteiger partial charge in [0.2, 0.25) is 0 Å². The van der Waals surface area contributed by atoms with E-state index in [4.69, 9.17) is 16.3 Å². The van der Waals surface area contributed by atoms with Gasteiger partial charge in [0.15, 0.2) is 5.82 Å². The Bertz CT molecular complexity index is 1270. The zero-order valence-electron chi connectivity index (χ0n) is 18.7. The Kier molecular flexibility index (Phi) is 6.04. The lowest BCUT2D eigenvalue weighted by molar-refractivity contribution is -0.152. The van der Waals surface area contributed by atoms with E-state index in [-0.39, 0.29) is 30.3 Å². The number of ether oxygens (including phenoxy) is 1. The highest BCUT2D eigenvalue weighted by Crippen LogP contribution is 2.43. The van der Waals surface area contributed by atoms with Crippen molar-refractivity contribution in [3.05, 3.63) is 58.4 Å². The molecule has 178 valence electrons. The second kappa shape index (κ2) is 9.00. The number of anilines is 1. The lowest BCUT2D eigenvalue weighted by atomic mass is 9.94. The smallest absolute Gasteiger partial charge is 0.311 e. The molecule has 9 heteroatoms. The van der Waals surface area contributed by atoms with Gasteiger partial charge in [-0.05, 0) is 55.9 Å². The molecular formula is C25H25ClFN3O4. The number of carbonyl (C=O) groups excluding carboxylic acids is 2. The van der Waals surface area contributed by atoms with E-state index in [0.717, 1.165) is 18.4 Å². The van der Waals surface area contributed by atoms with Crippen LogP contribution in [0.25, 0.3) is 10.9 Å². The van der Waals surface area contributed by atoms with E-state index in [9.17, 15) is 14.7 Å². The number of β-amino-alcohol motifs (C(OH)–C–C–N with tert-alkyl or cyclic N) is 1. The number of rotatable bonds is 5. The molecule has 2 aromatic carbocycles. The van der Waals surface area contributed by atoms with Crippen molar-refractivity contribution < 1.29 is 23.8 Å². The van der Waals surface area contributed by atoms with Gasteiger partial charge < -0.3 is 14.7 Å². The SMILES string of the molecule is CCOC(=O)C1CCN(c2nn(C(=O)c3c(Cl)cccc3C3CC3)c3cccc(F)c23)C[C@@H]1O. The van der Waals surface area contributed by atoms with Crippen LogP contribution in [0.1, 0.15) is 48.0 Å². The summed E-state index contributed by atoms with van der Waals surface area (Å²) in [5.41, 5.74) is 1.58. The summed E-state index contributed by atoms with van der Waals surface area (Å²) in [6, 6.07) is 9.89. The van der Waals surface area contributed by atoms with Gasteiger partial charge in [-0.1, -0.05) is 29.8 Å². The molecule has 2 aliphatic rings. The summed E-state index contributed by atoms with van der Waals surface area (Å²) in [7, 11) is 0. The Morgan fingerprint density at radius 1 is 1.21 bits per heavy atom. The molecule has 1 saturated heterocycles. The molecule has 1 aromatic heterocycles. The van der Waals surface area contributed by atoms with Crippen LogP contribution in [-0.4, -0.2) is 52.6 Å². The number of benzene rings is 2. The van der Waals surface area contributed by atoms with Gasteiger partial charge >= 0.3 is 5.97 Å². The van der Waals surface area contributed by atoms with Crippen molar-refractivity contribution in [1.82, 2.24) is 9.78 Å². The van der Waals surface area contributed by atoms with E-state index >= 15 is 4.39 Å². The number of aliphatic hydroxyl groups excluding tert-OH is 1. The van der Waals surface area contributed by atoms with E-state index in [2.05, 4.69) is 5.10 Å². The Morgan fingerprint density at radius 2 is 1.97 bits per heavy atom. The standard InChI is InChI=1S/C25H25ClFN3O4/c1-2-34-25(33)16-11-12-29(13-20(16)31)23-22-18(27)7-4-8-19(22)30(28-23)24(32)21-15(14-9-10-14)5-3-6-17(21)26/h3-8,14,16,20,31H,2,9-13H2,1H3/t16?,20-/m0/s1. The van der Waals surface area contributed by atoms with Crippen LogP contribution in [0.3, 0.4) is 0 Å². The van der Waals surface area contributed by atoms with Crippen molar-refractivity contribution in [1.29, 1.82) is 0 Å². The van der Waals surface area contributed by atoms with Crippen LogP contribution in [0.5, 0.6) is 0 Å². The van der Waals surface area contributed by atoms with Gasteiger partial charge in [-0.15, -0.1) is 5.10 Å². The van der Waals surface area contributed by atoms with Crippen molar-refractivity contribution >= 4 is 40.2 Å². The van der Waals surface area contributed by atoms with Crippen LogP contribution in [-0.2, 0) is 9.53 Å². The van der Waals surface area contributed by atoms with E-state index in [1.54, 1.807) is 24.0 Å². The number of fused-ring (bicyclic) bond motifs is 1. The number of hydrogen-bond acceptors (Lipinski definition) is 6. The molecular weight excluding hydrogens is 461 g/mol. The largest absolute Gasteiger partial charge is 0.466 e. The Morgan fingerprint density at radius 3 is 2.68 bits per heavy atom. The molecule has 3 aromatic rings. The zero-order valence-corrected chi connectivity index (χ0v) is 19.5. The van der Waals surface area contributed by atoms with Crippen molar-refractivity contribution in [3.8, 4) is 0 Å². The maximum absolute atomic E-state index is 15.0. The Labute approximate surface area is 201 Å². The third-order valence-corrected chi connectivity index (χ3v) is 6.89. The second-order valence-corrected chi connectivity index (χ2v) is 9.22. The van der Waals surface area contributed by atoms with Gasteiger partial charge in [0.25, 0.3) is 5.91 Å². The minimum Gasteiger partial charge on any atom is -0.466 e. The molecule has 7 nitrogen and oxygen atoms in total. The summed E-state index contributed by atoms with van der Waals surface area (Å²) >= 11 is 6.45. The highest BCUT2D eigenvalue weighted by molar-refractivity contribution is 6.34. The van der Waals surface area contributed by atoms with E-state index in [0.29, 0.717) is 29.1 Å². The van der Waals surface area contributed by atoms with Crippen LogP contribution in [0.15, 0.2) is 36.4 Å². The molecule has 1 saturated carbocycles. The number of hydrogen-bond donors (Lipinski definition) is 1. The fourth-order valence-corrected chi connectivity index (χ4v) is 5.00. The predicted octanol–water partition coefficient (Wildman–Crippen LogP) is 4.15. The molecule has 0 radical (unpaired) electrons. The molecule has 1 unspecified atom stereocenters. The number of piperidine rings is 1. The van der Waals surface area contributed by atoms with Gasteiger partial charge in [-0.3, -0.25) is 9.59 Å². The number of halogens is 2. The zero-order chi connectivity index (χ0) is 24.0. The highest BCUT2D eigenvalue weighted by atomic mass is 35.5. The summed E-state index contributed by atoms with van der Waals surface area (Å²) in [5, 5.41) is 15.7. The number of aliphatic hydroxyl groups is 1. The van der Waals surface area contributed by atoms with E-state index in [1.807, 2.05) is 12.1 Å². The van der Waals surface area contributed by atoms with Gasteiger partial charge in [0.1, 0.15) is 5.82 Å². The molecule has 0 bridgehead atoms. The summed E-state index contributed by atoms with van der Waals surface area (Å²) < 4.78 is 21.3. The van der Waals surface area contributed by atoms with Crippen molar-refractivity contribution in [3.63, 3.8) is 0 Å². The van der Waals surface area contributed by atoms with Gasteiger partial charge in [-0.25, -0.2) is 4.39 Å². The van der Waals surface area contributed by atoms with Crippen LogP contribution < -0.4 is 4.90 Å². The fraction of sp³-hybridized carbons (Fsp3) is 0.400. The molecule has 34 heavy (non-hydrogen) atoms. The van der Waals surface area contributed by atoms with E-state index in [1.165, 1.54) is 16.8 Å². The number of aromatic nitrogens is 2. The normalized spacial score (nSPS) is 20.5. The van der Waals surface area contributed by atoms with Crippen molar-refractivity contribution in [2.24, 2.45) is 5.92 Å². The first-order valence-corrected chi connectivity index (χ1v) is 11.9.